The molecule has 0 saturated carbocycles. The Labute approximate surface area is 137 Å². The van der Waals surface area contributed by atoms with Crippen LogP contribution in [0.25, 0.3) is 5.82 Å². The topological polar surface area (TPSA) is 84.7 Å². The van der Waals surface area contributed by atoms with Crippen molar-refractivity contribution in [3.05, 3.63) is 52.9 Å². The molecule has 8 heteroatoms. The van der Waals surface area contributed by atoms with Crippen LogP contribution in [0.1, 0.15) is 17.6 Å². The second-order valence-electron chi connectivity index (χ2n) is 4.75. The lowest BCUT2D eigenvalue weighted by atomic mass is 10.4. The average Bonchev–Trinajstić information content (AvgIpc) is 3.25. The molecule has 23 heavy (non-hydrogen) atoms. The van der Waals surface area contributed by atoms with E-state index < -0.39 is 0 Å². The van der Waals surface area contributed by atoms with Gasteiger partial charge in [-0.25, -0.2) is 19.4 Å². The minimum absolute atomic E-state index is 0.287. The minimum Gasteiger partial charge on any atom is -0.332 e. The van der Waals surface area contributed by atoms with Crippen LogP contribution in [-0.2, 0) is 13.0 Å². The van der Waals surface area contributed by atoms with Gasteiger partial charge in [-0.1, -0.05) is 6.92 Å². The average molecular weight is 328 g/mol. The van der Waals surface area contributed by atoms with Gasteiger partial charge in [0.2, 0.25) is 0 Å². The zero-order valence-corrected chi connectivity index (χ0v) is 13.4. The molecule has 0 aliphatic heterocycles. The van der Waals surface area contributed by atoms with E-state index in [1.165, 1.54) is 0 Å². The lowest BCUT2D eigenvalue weighted by Gasteiger charge is -2.07. The third-order valence-corrected chi connectivity index (χ3v) is 4.12. The fourth-order valence-electron chi connectivity index (χ4n) is 1.94. The van der Waals surface area contributed by atoms with Crippen molar-refractivity contribution in [2.45, 2.75) is 19.9 Å². The van der Waals surface area contributed by atoms with E-state index in [0.717, 1.165) is 17.1 Å². The van der Waals surface area contributed by atoms with Gasteiger partial charge in [0.15, 0.2) is 5.82 Å². The van der Waals surface area contributed by atoms with Crippen molar-refractivity contribution in [1.82, 2.24) is 25.1 Å². The second-order valence-corrected chi connectivity index (χ2v) is 5.69. The standard InChI is InChI=1S/C15H16N6OS/c1-2-14-19-12(10-23-14)9-17-15(22)20-11-4-5-13(16-8-11)21-7-3-6-18-21/h3-8,10H,2,9H2,1H3,(H2,17,20,22). The molecular weight excluding hydrogens is 312 g/mol. The number of nitrogens with one attached hydrogen (secondary N) is 2. The molecule has 2 N–H and O–H groups in total. The molecule has 0 spiro atoms. The van der Waals surface area contributed by atoms with Gasteiger partial charge < -0.3 is 10.6 Å². The van der Waals surface area contributed by atoms with Crippen LogP contribution in [0, 0.1) is 0 Å². The molecule has 0 atom stereocenters. The van der Waals surface area contributed by atoms with Crippen LogP contribution in [0.3, 0.4) is 0 Å². The van der Waals surface area contributed by atoms with E-state index in [2.05, 4.69) is 32.6 Å². The maximum atomic E-state index is 11.9. The van der Waals surface area contributed by atoms with Crippen molar-refractivity contribution in [3.63, 3.8) is 0 Å². The molecule has 3 rings (SSSR count). The van der Waals surface area contributed by atoms with Crippen LogP contribution < -0.4 is 10.6 Å². The zero-order valence-electron chi connectivity index (χ0n) is 12.6. The predicted octanol–water partition coefficient (Wildman–Crippen LogP) is 2.61. The highest BCUT2D eigenvalue weighted by Crippen LogP contribution is 2.11. The number of carbonyl (C=O) groups excluding carboxylic acids is 1. The first kappa shape index (κ1) is 15.2. The van der Waals surface area contributed by atoms with Crippen molar-refractivity contribution in [2.75, 3.05) is 5.32 Å². The third-order valence-electron chi connectivity index (χ3n) is 3.08. The summed E-state index contributed by atoms with van der Waals surface area (Å²) in [5, 5.41) is 12.6. The Morgan fingerprint density at radius 3 is 2.96 bits per heavy atom. The summed E-state index contributed by atoms with van der Waals surface area (Å²) in [6, 6.07) is 5.10. The van der Waals surface area contributed by atoms with Gasteiger partial charge in [0.05, 0.1) is 29.1 Å². The van der Waals surface area contributed by atoms with Crippen LogP contribution >= 0.6 is 11.3 Å². The predicted molar refractivity (Wildman–Crippen MR) is 88.7 cm³/mol. The van der Waals surface area contributed by atoms with Crippen LogP contribution in [0.4, 0.5) is 10.5 Å². The van der Waals surface area contributed by atoms with E-state index in [4.69, 9.17) is 0 Å². The molecule has 0 saturated heterocycles. The molecular formula is C15H16N6OS. The van der Waals surface area contributed by atoms with Crippen molar-refractivity contribution >= 4 is 23.1 Å². The first-order chi connectivity index (χ1) is 11.2. The Morgan fingerprint density at radius 1 is 1.39 bits per heavy atom. The number of aryl methyl sites for hydroxylation is 1. The van der Waals surface area contributed by atoms with Crippen LogP contribution in [-0.4, -0.2) is 25.8 Å². The Hall–Kier alpha value is -2.74. The SMILES string of the molecule is CCc1nc(CNC(=O)Nc2ccc(-n3cccn3)nc2)cs1. The highest BCUT2D eigenvalue weighted by molar-refractivity contribution is 7.09. The maximum Gasteiger partial charge on any atom is 0.319 e. The van der Waals surface area contributed by atoms with E-state index in [1.807, 2.05) is 11.4 Å². The van der Waals surface area contributed by atoms with E-state index in [1.54, 1.807) is 46.7 Å². The molecule has 0 aliphatic rings. The largest absolute Gasteiger partial charge is 0.332 e. The monoisotopic (exact) mass is 328 g/mol. The summed E-state index contributed by atoms with van der Waals surface area (Å²) in [6.45, 7) is 2.46. The van der Waals surface area contributed by atoms with Crippen molar-refractivity contribution in [3.8, 4) is 5.82 Å². The Morgan fingerprint density at radius 2 is 2.30 bits per heavy atom. The molecule has 0 unspecified atom stereocenters. The number of anilines is 1. The highest BCUT2D eigenvalue weighted by atomic mass is 32.1. The number of hydrogen-bond acceptors (Lipinski definition) is 5. The quantitative estimate of drug-likeness (QED) is 0.754. The lowest BCUT2D eigenvalue weighted by Crippen LogP contribution is -2.28. The molecule has 118 valence electrons. The number of hydrogen-bond donors (Lipinski definition) is 2. The third kappa shape index (κ3) is 3.92. The molecule has 0 bridgehead atoms. The first-order valence-corrected chi connectivity index (χ1v) is 8.07. The molecule has 7 nitrogen and oxygen atoms in total. The van der Waals surface area contributed by atoms with Gasteiger partial charge in [-0.3, -0.25) is 0 Å². The summed E-state index contributed by atoms with van der Waals surface area (Å²) in [5.41, 5.74) is 1.49. The highest BCUT2D eigenvalue weighted by Gasteiger charge is 2.05. The number of urea groups is 1. The molecule has 0 fully saturated rings. The molecule has 3 aromatic rings. The van der Waals surface area contributed by atoms with Crippen LogP contribution in [0.2, 0.25) is 0 Å². The van der Waals surface area contributed by atoms with E-state index in [9.17, 15) is 4.79 Å². The van der Waals surface area contributed by atoms with Gasteiger partial charge in [0.1, 0.15) is 0 Å². The van der Waals surface area contributed by atoms with Gasteiger partial charge in [-0.2, -0.15) is 5.10 Å². The summed E-state index contributed by atoms with van der Waals surface area (Å²) in [6.07, 6.45) is 5.99. The van der Waals surface area contributed by atoms with Crippen molar-refractivity contribution in [2.24, 2.45) is 0 Å². The fourth-order valence-corrected chi connectivity index (χ4v) is 2.68. The molecule has 2 amide bonds. The van der Waals surface area contributed by atoms with Crippen molar-refractivity contribution < 1.29 is 4.79 Å². The van der Waals surface area contributed by atoms with Gasteiger partial charge in [-0.05, 0) is 24.6 Å². The zero-order chi connectivity index (χ0) is 16.1. The maximum absolute atomic E-state index is 11.9. The first-order valence-electron chi connectivity index (χ1n) is 7.19. The van der Waals surface area contributed by atoms with Gasteiger partial charge >= 0.3 is 6.03 Å². The number of rotatable bonds is 5. The molecule has 3 heterocycles. The smallest absolute Gasteiger partial charge is 0.319 e. The summed E-state index contributed by atoms with van der Waals surface area (Å²) in [4.78, 5) is 20.5. The summed E-state index contributed by atoms with van der Waals surface area (Å²) < 4.78 is 1.65. The van der Waals surface area contributed by atoms with Crippen LogP contribution in [0.15, 0.2) is 42.2 Å². The fraction of sp³-hybridized carbons (Fsp3) is 0.200. The van der Waals surface area contributed by atoms with Gasteiger partial charge in [-0.15, -0.1) is 11.3 Å². The number of thiazole rings is 1. The number of carbonyl (C=O) groups is 1. The van der Waals surface area contributed by atoms with E-state index in [0.29, 0.717) is 18.1 Å². The Balaban J connectivity index is 1.53. The summed E-state index contributed by atoms with van der Waals surface area (Å²) >= 11 is 1.60. The Bertz CT molecular complexity index is 766. The summed E-state index contributed by atoms with van der Waals surface area (Å²) in [7, 11) is 0. The minimum atomic E-state index is -0.287. The number of nitrogens with zero attached hydrogens (tertiary/aromatic N) is 4. The van der Waals surface area contributed by atoms with E-state index >= 15 is 0 Å². The van der Waals surface area contributed by atoms with Gasteiger partial charge in [0.25, 0.3) is 0 Å². The van der Waals surface area contributed by atoms with E-state index in [-0.39, 0.29) is 6.03 Å². The second kappa shape index (κ2) is 7.01. The van der Waals surface area contributed by atoms with Crippen molar-refractivity contribution in [1.29, 1.82) is 0 Å². The molecule has 0 aromatic carbocycles. The lowest BCUT2D eigenvalue weighted by molar-refractivity contribution is 0.251. The Kier molecular flexibility index (Phi) is 4.62. The number of aromatic nitrogens is 4. The number of amides is 2. The molecule has 0 aliphatic carbocycles. The molecule has 3 aromatic heterocycles. The van der Waals surface area contributed by atoms with Crippen LogP contribution in [0.5, 0.6) is 0 Å². The number of pyridine rings is 1. The summed E-state index contributed by atoms with van der Waals surface area (Å²) in [5.74, 6) is 0.690. The normalized spacial score (nSPS) is 10.5. The van der Waals surface area contributed by atoms with Gasteiger partial charge in [0, 0.05) is 17.8 Å². The molecule has 0 radical (unpaired) electrons.